The van der Waals surface area contributed by atoms with Crippen molar-refractivity contribution in [1.82, 2.24) is 9.97 Å². The zero-order valence-electron chi connectivity index (χ0n) is 8.56. The van der Waals surface area contributed by atoms with Gasteiger partial charge < -0.3 is 10.7 Å². The predicted octanol–water partition coefficient (Wildman–Crippen LogP) is 1.53. The van der Waals surface area contributed by atoms with Crippen molar-refractivity contribution in [3.63, 3.8) is 0 Å². The van der Waals surface area contributed by atoms with Gasteiger partial charge in [0.2, 0.25) is 0 Å². The number of benzene rings is 1. The Labute approximate surface area is 98.9 Å². The molecule has 1 aromatic carbocycles. The number of nitrogens with one attached hydrogen (secondary N) is 1. The number of rotatable bonds is 1. The summed E-state index contributed by atoms with van der Waals surface area (Å²) >= 11 is 1.27. The number of anilines is 1. The van der Waals surface area contributed by atoms with Crippen LogP contribution in [0.15, 0.2) is 23.0 Å². The van der Waals surface area contributed by atoms with Gasteiger partial charge >= 0.3 is 0 Å². The van der Waals surface area contributed by atoms with Gasteiger partial charge in [0.15, 0.2) is 5.13 Å². The Balaban J connectivity index is 2.56. The van der Waals surface area contributed by atoms with Crippen molar-refractivity contribution in [2.75, 3.05) is 5.73 Å². The van der Waals surface area contributed by atoms with Gasteiger partial charge in [0.25, 0.3) is 5.56 Å². The van der Waals surface area contributed by atoms with Gasteiger partial charge in [-0.1, -0.05) is 23.5 Å². The average Bonchev–Trinajstić information content (AvgIpc) is 2.71. The van der Waals surface area contributed by atoms with E-state index in [1.54, 1.807) is 18.2 Å². The third-order valence-corrected chi connectivity index (χ3v) is 3.45. The number of aldehydes is 1. The zero-order chi connectivity index (χ0) is 12.0. The highest BCUT2D eigenvalue weighted by molar-refractivity contribution is 7.22. The van der Waals surface area contributed by atoms with Crippen molar-refractivity contribution in [3.8, 4) is 0 Å². The Morgan fingerprint density at radius 2 is 2.24 bits per heavy atom. The molecule has 3 N–H and O–H groups in total. The molecule has 3 aromatic rings. The quantitative estimate of drug-likeness (QED) is 0.636. The van der Waals surface area contributed by atoms with Crippen molar-refractivity contribution in [2.45, 2.75) is 0 Å². The van der Waals surface area contributed by atoms with Gasteiger partial charge in [0.05, 0.1) is 10.2 Å². The van der Waals surface area contributed by atoms with Crippen LogP contribution in [-0.2, 0) is 0 Å². The summed E-state index contributed by atoms with van der Waals surface area (Å²) in [5.74, 6) is 0. The van der Waals surface area contributed by atoms with Crippen LogP contribution >= 0.6 is 11.3 Å². The van der Waals surface area contributed by atoms with E-state index in [-0.39, 0.29) is 5.56 Å². The normalized spacial score (nSPS) is 11.1. The first-order chi connectivity index (χ1) is 8.19. The van der Waals surface area contributed by atoms with E-state index in [0.29, 0.717) is 21.7 Å². The number of aromatic nitrogens is 2. The van der Waals surface area contributed by atoms with E-state index in [0.717, 1.165) is 16.4 Å². The standard InChI is InChI=1S/C11H7N3O2S/c12-11-14-8-9(17-11)6-2-1-5(4-15)3-7(6)13-10(8)16/h1-4H,(H2,12,14)(H,13,16). The minimum Gasteiger partial charge on any atom is -0.375 e. The first-order valence-electron chi connectivity index (χ1n) is 4.86. The second-order valence-electron chi connectivity index (χ2n) is 3.61. The summed E-state index contributed by atoms with van der Waals surface area (Å²) in [6.07, 6.45) is 0.739. The molecule has 3 rings (SSSR count). The molecule has 0 fully saturated rings. The van der Waals surface area contributed by atoms with Gasteiger partial charge in [-0.2, -0.15) is 0 Å². The lowest BCUT2D eigenvalue weighted by Crippen LogP contribution is -2.06. The van der Waals surface area contributed by atoms with Gasteiger partial charge in [-0.15, -0.1) is 0 Å². The SMILES string of the molecule is Nc1nc2c(=O)[nH]c3cc(C=O)ccc3c2s1. The molecular weight excluding hydrogens is 238 g/mol. The maximum Gasteiger partial charge on any atom is 0.275 e. The number of carbonyl (C=O) groups excluding carboxylic acids is 1. The summed E-state index contributed by atoms with van der Waals surface area (Å²) in [5.41, 5.74) is 6.80. The molecule has 84 valence electrons. The lowest BCUT2D eigenvalue weighted by molar-refractivity contribution is 0.112. The lowest BCUT2D eigenvalue weighted by Gasteiger charge is -1.99. The van der Waals surface area contributed by atoms with Gasteiger partial charge in [-0.05, 0) is 6.07 Å². The number of pyridine rings is 1. The number of carbonyl (C=O) groups is 1. The zero-order valence-corrected chi connectivity index (χ0v) is 9.38. The summed E-state index contributed by atoms with van der Waals surface area (Å²) < 4.78 is 0.749. The highest BCUT2D eigenvalue weighted by atomic mass is 32.1. The molecule has 0 unspecified atom stereocenters. The number of H-pyrrole nitrogens is 1. The van der Waals surface area contributed by atoms with Crippen LogP contribution in [0.25, 0.3) is 21.1 Å². The highest BCUT2D eigenvalue weighted by Gasteiger charge is 2.10. The molecule has 0 radical (unpaired) electrons. The summed E-state index contributed by atoms with van der Waals surface area (Å²) in [6, 6.07) is 5.12. The van der Waals surface area contributed by atoms with E-state index in [1.165, 1.54) is 11.3 Å². The van der Waals surface area contributed by atoms with Crippen molar-refractivity contribution in [1.29, 1.82) is 0 Å². The van der Waals surface area contributed by atoms with Crippen LogP contribution < -0.4 is 11.3 Å². The second kappa shape index (κ2) is 3.39. The van der Waals surface area contributed by atoms with E-state index in [4.69, 9.17) is 5.73 Å². The monoisotopic (exact) mass is 245 g/mol. The van der Waals surface area contributed by atoms with E-state index < -0.39 is 0 Å². The van der Waals surface area contributed by atoms with Gasteiger partial charge in [-0.25, -0.2) is 4.98 Å². The molecular formula is C11H7N3O2S. The van der Waals surface area contributed by atoms with Crippen LogP contribution in [0.5, 0.6) is 0 Å². The van der Waals surface area contributed by atoms with Crippen LogP contribution in [-0.4, -0.2) is 16.3 Å². The lowest BCUT2D eigenvalue weighted by atomic mass is 10.1. The molecule has 2 heterocycles. The molecule has 6 heteroatoms. The number of aromatic amines is 1. The molecule has 0 atom stereocenters. The minimum atomic E-state index is -0.288. The molecule has 0 aliphatic rings. The molecule has 5 nitrogen and oxygen atoms in total. The van der Waals surface area contributed by atoms with Gasteiger partial charge in [-0.3, -0.25) is 9.59 Å². The predicted molar refractivity (Wildman–Crippen MR) is 67.5 cm³/mol. The summed E-state index contributed by atoms with van der Waals surface area (Å²) in [4.78, 5) is 29.1. The van der Waals surface area contributed by atoms with Crippen LogP contribution in [0.3, 0.4) is 0 Å². The van der Waals surface area contributed by atoms with E-state index in [9.17, 15) is 9.59 Å². The number of nitrogen functional groups attached to an aromatic ring is 1. The van der Waals surface area contributed by atoms with E-state index in [2.05, 4.69) is 9.97 Å². The summed E-state index contributed by atoms with van der Waals surface area (Å²) in [7, 11) is 0. The minimum absolute atomic E-state index is 0.288. The molecule has 0 bridgehead atoms. The molecule has 17 heavy (non-hydrogen) atoms. The molecule has 0 spiro atoms. The summed E-state index contributed by atoms with van der Waals surface area (Å²) in [6.45, 7) is 0. The fourth-order valence-corrected chi connectivity index (χ4v) is 2.66. The maximum atomic E-state index is 11.8. The largest absolute Gasteiger partial charge is 0.375 e. The molecule has 0 saturated carbocycles. The van der Waals surface area contributed by atoms with Crippen LogP contribution in [0.4, 0.5) is 5.13 Å². The molecule has 0 amide bonds. The number of hydrogen-bond acceptors (Lipinski definition) is 5. The van der Waals surface area contributed by atoms with E-state index in [1.807, 2.05) is 0 Å². The molecule has 0 aliphatic heterocycles. The second-order valence-corrected chi connectivity index (χ2v) is 4.64. The first kappa shape index (κ1) is 9.98. The Hall–Kier alpha value is -2.21. The molecule has 0 aliphatic carbocycles. The van der Waals surface area contributed by atoms with E-state index >= 15 is 0 Å². The Kier molecular flexibility index (Phi) is 1.99. The smallest absolute Gasteiger partial charge is 0.275 e. The third kappa shape index (κ3) is 1.42. The van der Waals surface area contributed by atoms with Crippen molar-refractivity contribution in [3.05, 3.63) is 34.1 Å². The van der Waals surface area contributed by atoms with Crippen molar-refractivity contribution >= 4 is 43.9 Å². The van der Waals surface area contributed by atoms with Gasteiger partial charge in [0.1, 0.15) is 11.8 Å². The molecule has 2 aromatic heterocycles. The number of thiazole rings is 1. The summed E-state index contributed by atoms with van der Waals surface area (Å²) in [5, 5.41) is 1.21. The van der Waals surface area contributed by atoms with Crippen LogP contribution in [0.1, 0.15) is 10.4 Å². The van der Waals surface area contributed by atoms with Crippen LogP contribution in [0.2, 0.25) is 0 Å². The Bertz CT molecular complexity index is 803. The average molecular weight is 245 g/mol. The Morgan fingerprint density at radius 1 is 1.41 bits per heavy atom. The fraction of sp³-hybridized carbons (Fsp3) is 0. The Morgan fingerprint density at radius 3 is 3.00 bits per heavy atom. The first-order valence-corrected chi connectivity index (χ1v) is 5.68. The maximum absolute atomic E-state index is 11.8. The highest BCUT2D eigenvalue weighted by Crippen LogP contribution is 2.28. The van der Waals surface area contributed by atoms with Gasteiger partial charge in [0, 0.05) is 10.9 Å². The fourth-order valence-electron chi connectivity index (χ4n) is 1.79. The number of nitrogens with zero attached hydrogens (tertiary/aromatic N) is 1. The number of nitrogens with two attached hydrogens (primary N) is 1. The number of fused-ring (bicyclic) bond motifs is 3. The topological polar surface area (TPSA) is 88.8 Å². The van der Waals surface area contributed by atoms with Crippen molar-refractivity contribution in [2.24, 2.45) is 0 Å². The van der Waals surface area contributed by atoms with Crippen molar-refractivity contribution < 1.29 is 4.79 Å². The number of hydrogen-bond donors (Lipinski definition) is 2. The molecule has 0 saturated heterocycles. The third-order valence-electron chi connectivity index (χ3n) is 2.53. The van der Waals surface area contributed by atoms with Crippen LogP contribution in [0, 0.1) is 0 Å².